The number of rotatable bonds is 2. The smallest absolute Gasteiger partial charge is 0.216 e. The van der Waals surface area contributed by atoms with Crippen molar-refractivity contribution in [3.8, 4) is 0 Å². The Balaban J connectivity index is 2.79. The fraction of sp³-hybridized carbons (Fsp3) is 1.00. The van der Waals surface area contributed by atoms with Crippen LogP contribution in [0.4, 0.5) is 0 Å². The van der Waals surface area contributed by atoms with Gasteiger partial charge in [0.15, 0.2) is 0 Å². The molecule has 0 bridgehead atoms. The summed E-state index contributed by atoms with van der Waals surface area (Å²) in [7, 11) is -1.72. The van der Waals surface area contributed by atoms with Gasteiger partial charge in [0, 0.05) is 5.92 Å². The molecule has 0 amide bonds. The number of hydrogen-bond acceptors (Lipinski definition) is 3. The van der Waals surface area contributed by atoms with Crippen LogP contribution in [-0.4, -0.2) is 33.4 Å². The lowest BCUT2D eigenvalue weighted by atomic mass is 10.1. The topological polar surface area (TPSA) is 55.4 Å². The third kappa shape index (κ3) is 1.62. The molecular formula is C7H15NO3S. The Morgan fingerprint density at radius 2 is 2.00 bits per heavy atom. The highest BCUT2D eigenvalue weighted by Crippen LogP contribution is 2.25. The summed E-state index contributed by atoms with van der Waals surface area (Å²) in [5.41, 5.74) is 0. The molecule has 0 spiro atoms. The summed E-state index contributed by atoms with van der Waals surface area (Å²) in [6.07, 6.45) is 0.0399. The van der Waals surface area contributed by atoms with E-state index in [1.165, 1.54) is 7.05 Å². The molecule has 0 radical (unpaired) electrons. The van der Waals surface area contributed by atoms with Crippen molar-refractivity contribution in [3.63, 3.8) is 0 Å². The van der Waals surface area contributed by atoms with Crippen molar-refractivity contribution in [2.24, 2.45) is 5.92 Å². The first-order chi connectivity index (χ1) is 5.49. The van der Waals surface area contributed by atoms with Gasteiger partial charge in [0.2, 0.25) is 10.0 Å². The molecule has 0 aromatic carbocycles. The summed E-state index contributed by atoms with van der Waals surface area (Å²) in [6, 6.07) is 0. The molecule has 1 fully saturated rings. The fourth-order valence-corrected chi connectivity index (χ4v) is 2.72. The van der Waals surface area contributed by atoms with E-state index in [-0.39, 0.29) is 12.0 Å². The summed E-state index contributed by atoms with van der Waals surface area (Å²) < 4.78 is 30.3. The highest BCUT2D eigenvalue weighted by atomic mass is 32.2. The minimum atomic E-state index is -3.16. The van der Waals surface area contributed by atoms with E-state index in [1.807, 2.05) is 13.8 Å². The van der Waals surface area contributed by atoms with Crippen molar-refractivity contribution < 1.29 is 13.2 Å². The van der Waals surface area contributed by atoms with Crippen molar-refractivity contribution in [1.29, 1.82) is 0 Å². The summed E-state index contributed by atoms with van der Waals surface area (Å²) >= 11 is 0. The predicted molar refractivity (Wildman–Crippen MR) is 46.3 cm³/mol. The summed E-state index contributed by atoms with van der Waals surface area (Å²) in [5, 5.41) is -0.391. The number of sulfonamides is 1. The third-order valence-corrected chi connectivity index (χ3v) is 4.46. The van der Waals surface area contributed by atoms with Crippen LogP contribution in [-0.2, 0) is 14.8 Å². The second kappa shape index (κ2) is 3.32. The van der Waals surface area contributed by atoms with Crippen LogP contribution in [0.3, 0.4) is 0 Å². The Kier molecular flexibility index (Phi) is 2.75. The van der Waals surface area contributed by atoms with Gasteiger partial charge in [-0.3, -0.25) is 0 Å². The minimum absolute atomic E-state index is 0.0399. The highest BCUT2D eigenvalue weighted by Gasteiger charge is 2.39. The van der Waals surface area contributed by atoms with Gasteiger partial charge in [-0.1, -0.05) is 6.92 Å². The lowest BCUT2D eigenvalue weighted by Gasteiger charge is -2.14. The molecule has 0 saturated carbocycles. The molecule has 72 valence electrons. The van der Waals surface area contributed by atoms with Crippen molar-refractivity contribution in [3.05, 3.63) is 0 Å². The van der Waals surface area contributed by atoms with Gasteiger partial charge >= 0.3 is 0 Å². The van der Waals surface area contributed by atoms with E-state index in [0.29, 0.717) is 6.61 Å². The minimum Gasteiger partial charge on any atom is -0.377 e. The number of nitrogens with one attached hydrogen (secondary N) is 1. The van der Waals surface area contributed by atoms with E-state index in [2.05, 4.69) is 4.72 Å². The fourth-order valence-electron chi connectivity index (χ4n) is 1.38. The van der Waals surface area contributed by atoms with Gasteiger partial charge in [-0.2, -0.15) is 0 Å². The molecule has 4 nitrogen and oxygen atoms in total. The molecule has 1 saturated heterocycles. The third-order valence-electron chi connectivity index (χ3n) is 2.53. The molecule has 5 heteroatoms. The average molecular weight is 193 g/mol. The zero-order valence-corrected chi connectivity index (χ0v) is 8.39. The quantitative estimate of drug-likeness (QED) is 0.669. The Labute approximate surface area is 73.3 Å². The van der Waals surface area contributed by atoms with E-state index < -0.39 is 15.3 Å². The van der Waals surface area contributed by atoms with E-state index in [4.69, 9.17) is 4.74 Å². The van der Waals surface area contributed by atoms with Gasteiger partial charge in [-0.25, -0.2) is 13.1 Å². The first kappa shape index (κ1) is 9.95. The molecule has 1 aliphatic heterocycles. The van der Waals surface area contributed by atoms with E-state index >= 15 is 0 Å². The normalized spacial score (nSPS) is 37.1. The van der Waals surface area contributed by atoms with Crippen LogP contribution in [0.15, 0.2) is 0 Å². The SMILES string of the molecule is CNS(=O)(=O)C1COC(C)C1C. The Morgan fingerprint density at radius 1 is 1.42 bits per heavy atom. The molecule has 0 aliphatic carbocycles. The van der Waals surface area contributed by atoms with Crippen LogP contribution < -0.4 is 4.72 Å². The molecule has 3 unspecified atom stereocenters. The molecule has 1 rings (SSSR count). The zero-order valence-electron chi connectivity index (χ0n) is 7.57. The highest BCUT2D eigenvalue weighted by molar-refractivity contribution is 7.90. The van der Waals surface area contributed by atoms with Crippen LogP contribution >= 0.6 is 0 Å². The molecule has 0 aromatic rings. The van der Waals surface area contributed by atoms with Crippen molar-refractivity contribution in [2.45, 2.75) is 25.2 Å². The predicted octanol–water partition coefficient (Wildman–Crippen LogP) is -0.0410. The van der Waals surface area contributed by atoms with Crippen LogP contribution in [0, 0.1) is 5.92 Å². The van der Waals surface area contributed by atoms with Gasteiger partial charge in [0.05, 0.1) is 12.7 Å². The van der Waals surface area contributed by atoms with Crippen LogP contribution in [0.2, 0.25) is 0 Å². The van der Waals surface area contributed by atoms with Crippen LogP contribution in [0.25, 0.3) is 0 Å². The van der Waals surface area contributed by atoms with E-state index in [0.717, 1.165) is 0 Å². The Hall–Kier alpha value is -0.130. The Bertz CT molecular complexity index is 249. The molecular weight excluding hydrogens is 178 g/mol. The second-order valence-corrected chi connectivity index (χ2v) is 5.29. The summed E-state index contributed by atoms with van der Waals surface area (Å²) in [4.78, 5) is 0. The van der Waals surface area contributed by atoms with Gasteiger partial charge in [0.1, 0.15) is 5.25 Å². The molecule has 12 heavy (non-hydrogen) atoms. The largest absolute Gasteiger partial charge is 0.377 e. The second-order valence-electron chi connectivity index (χ2n) is 3.19. The summed E-state index contributed by atoms with van der Waals surface area (Å²) in [6.45, 7) is 4.11. The van der Waals surface area contributed by atoms with Crippen molar-refractivity contribution in [2.75, 3.05) is 13.7 Å². The maximum Gasteiger partial charge on any atom is 0.216 e. The monoisotopic (exact) mass is 193 g/mol. The zero-order chi connectivity index (χ0) is 9.35. The number of hydrogen-bond donors (Lipinski definition) is 1. The average Bonchev–Trinajstić information content (AvgIpc) is 2.33. The van der Waals surface area contributed by atoms with Crippen molar-refractivity contribution >= 4 is 10.0 Å². The summed E-state index contributed by atoms with van der Waals surface area (Å²) in [5.74, 6) is 0.0717. The molecule has 1 aliphatic rings. The number of ether oxygens (including phenoxy) is 1. The van der Waals surface area contributed by atoms with E-state index in [1.54, 1.807) is 0 Å². The lowest BCUT2D eigenvalue weighted by Crippen LogP contribution is -2.36. The van der Waals surface area contributed by atoms with Crippen LogP contribution in [0.1, 0.15) is 13.8 Å². The van der Waals surface area contributed by atoms with Gasteiger partial charge in [0.25, 0.3) is 0 Å². The van der Waals surface area contributed by atoms with E-state index in [9.17, 15) is 8.42 Å². The maximum atomic E-state index is 11.4. The molecule has 1 N–H and O–H groups in total. The molecule has 3 atom stereocenters. The Morgan fingerprint density at radius 3 is 2.33 bits per heavy atom. The molecule has 1 heterocycles. The van der Waals surface area contributed by atoms with Gasteiger partial charge in [-0.05, 0) is 14.0 Å². The maximum absolute atomic E-state index is 11.4. The van der Waals surface area contributed by atoms with Crippen molar-refractivity contribution in [1.82, 2.24) is 4.72 Å². The standard InChI is InChI=1S/C7H15NO3S/c1-5-6(2)11-4-7(5)12(9,10)8-3/h5-8H,4H2,1-3H3. The molecule has 0 aromatic heterocycles. The first-order valence-corrected chi connectivity index (χ1v) is 5.57. The van der Waals surface area contributed by atoms with Gasteiger partial charge < -0.3 is 4.74 Å². The van der Waals surface area contributed by atoms with Gasteiger partial charge in [-0.15, -0.1) is 0 Å². The first-order valence-electron chi connectivity index (χ1n) is 4.03. The van der Waals surface area contributed by atoms with Crippen LogP contribution in [0.5, 0.6) is 0 Å². The lowest BCUT2D eigenvalue weighted by molar-refractivity contribution is 0.109.